The number of likely N-dealkylation sites (tertiary alicyclic amines) is 2. The number of carbonyl (C=O) groups is 3. The zero-order valence-corrected chi connectivity index (χ0v) is 38.0. The van der Waals surface area contributed by atoms with Gasteiger partial charge in [-0.3, -0.25) is 14.4 Å². The van der Waals surface area contributed by atoms with E-state index in [1.54, 1.807) is 22.7 Å². The van der Waals surface area contributed by atoms with Crippen molar-refractivity contribution >= 4 is 40.4 Å². The average Bonchev–Trinajstić information content (AvgIpc) is 3.83. The molecular weight excluding hydrogens is 861 g/mol. The van der Waals surface area contributed by atoms with Crippen LogP contribution in [-0.2, 0) is 14.4 Å². The number of aromatic nitrogens is 4. The predicted molar refractivity (Wildman–Crippen MR) is 258 cm³/mol. The van der Waals surface area contributed by atoms with Gasteiger partial charge in [-0.1, -0.05) is 90.8 Å². The van der Waals surface area contributed by atoms with Gasteiger partial charge >= 0.3 is 0 Å². The summed E-state index contributed by atoms with van der Waals surface area (Å²) in [4.78, 5) is 66.2. The van der Waals surface area contributed by atoms with Crippen molar-refractivity contribution in [1.29, 1.82) is 0 Å². The standard InChI is InChI=1S/C53H50N8O3S2/c62-51(38-21-22-38)59-48(37-11-5-2-6-12-37)53(64)61-30-8-14-42(61)50-56-32-40(58-50)46-26-24-44(66-46)35-19-17-34(18-20-35)43-23-25-45(65-43)39-31-55-49(57-39)41-13-7-29-60(41)52(63)47(36-9-3-1-4-10-36)54-28-27-33-15-16-33/h1-6,9-12,17-20,23-26,31-33,38,41-42,47-48,54H,7-8,13-16,21-22,29-30H2,(H,55,57)(H,56,58)(H,59,62)/t41-,42-,47-,48-/m0/s1. The van der Waals surface area contributed by atoms with Crippen LogP contribution in [0.15, 0.2) is 122 Å². The van der Waals surface area contributed by atoms with Crippen molar-refractivity contribution in [1.82, 2.24) is 40.4 Å². The van der Waals surface area contributed by atoms with Crippen LogP contribution >= 0.6 is 22.7 Å². The summed E-state index contributed by atoms with van der Waals surface area (Å²) < 4.78 is 0. The molecule has 0 unspecified atom stereocenters. The smallest absolute Gasteiger partial charge is 0.250 e. The number of hydrogen-bond acceptors (Lipinski definition) is 8. The summed E-state index contributed by atoms with van der Waals surface area (Å²) in [6.07, 6.45) is 11.2. The number of nitrogens with zero attached hydrogens (tertiary/aromatic N) is 4. The molecule has 6 heterocycles. The fraction of sp³-hybridized carbons (Fsp3) is 0.302. The Labute approximate surface area is 392 Å². The van der Waals surface area contributed by atoms with Crippen LogP contribution in [0.3, 0.4) is 0 Å². The number of thiophene rings is 2. The molecule has 7 aromatic rings. The van der Waals surface area contributed by atoms with Gasteiger partial charge in [0.2, 0.25) is 11.8 Å². The zero-order valence-electron chi connectivity index (χ0n) is 36.4. The van der Waals surface area contributed by atoms with Crippen LogP contribution in [0.5, 0.6) is 0 Å². The Bertz CT molecular complexity index is 2920. The van der Waals surface area contributed by atoms with Crippen LogP contribution in [0.4, 0.5) is 0 Å². The van der Waals surface area contributed by atoms with Gasteiger partial charge in [-0.05, 0) is 97.9 Å². The lowest BCUT2D eigenvalue weighted by Crippen LogP contribution is -2.43. The number of imidazole rings is 2. The lowest BCUT2D eigenvalue weighted by molar-refractivity contribution is -0.138. The van der Waals surface area contributed by atoms with E-state index in [0.29, 0.717) is 19.0 Å². The lowest BCUT2D eigenvalue weighted by atomic mass is 10.0. The first kappa shape index (κ1) is 41.9. The maximum Gasteiger partial charge on any atom is 0.250 e. The molecule has 2 saturated carbocycles. The van der Waals surface area contributed by atoms with Gasteiger partial charge in [-0.25, -0.2) is 9.97 Å². The number of H-pyrrole nitrogens is 2. The summed E-state index contributed by atoms with van der Waals surface area (Å²) in [6.45, 7) is 1.30. The van der Waals surface area contributed by atoms with Crippen molar-refractivity contribution in [2.24, 2.45) is 11.8 Å². The number of aromatic amines is 2. The fourth-order valence-corrected chi connectivity index (χ4v) is 11.2. The maximum atomic E-state index is 14.1. The summed E-state index contributed by atoms with van der Waals surface area (Å²) in [5, 5.41) is 6.31. The molecule has 11 rings (SSSR count). The van der Waals surface area contributed by atoms with Crippen molar-refractivity contribution in [3.63, 3.8) is 0 Å². The van der Waals surface area contributed by atoms with Crippen LogP contribution in [0.25, 0.3) is 42.0 Å². The third-order valence-corrected chi connectivity index (χ3v) is 15.5. The van der Waals surface area contributed by atoms with E-state index in [9.17, 15) is 14.4 Å². The van der Waals surface area contributed by atoms with Crippen LogP contribution in [0.1, 0.15) is 98.3 Å². The van der Waals surface area contributed by atoms with E-state index < -0.39 is 12.1 Å². The van der Waals surface area contributed by atoms with Gasteiger partial charge in [0.25, 0.3) is 5.91 Å². The van der Waals surface area contributed by atoms with Gasteiger partial charge in [-0.2, -0.15) is 0 Å². The third kappa shape index (κ3) is 8.83. The molecule has 2 aliphatic carbocycles. The summed E-state index contributed by atoms with van der Waals surface area (Å²) in [5.74, 6) is 5.16. The second-order valence-corrected chi connectivity index (χ2v) is 20.0. The monoisotopic (exact) mass is 910 g/mol. The molecule has 0 bridgehead atoms. The molecule has 2 aliphatic heterocycles. The molecule has 3 aromatic carbocycles. The predicted octanol–water partition coefficient (Wildman–Crippen LogP) is 10.2. The van der Waals surface area contributed by atoms with E-state index in [0.717, 1.165) is 116 Å². The Kier molecular flexibility index (Phi) is 11.6. The van der Waals surface area contributed by atoms with E-state index in [1.807, 2.05) is 82.9 Å². The summed E-state index contributed by atoms with van der Waals surface area (Å²) in [5.41, 5.74) is 5.84. The number of nitrogens with one attached hydrogen (secondary N) is 4. The van der Waals surface area contributed by atoms with E-state index in [4.69, 9.17) is 9.97 Å². The first-order valence-corrected chi connectivity index (χ1v) is 24.7. The molecule has 2 saturated heterocycles. The molecular formula is C53H50N8O3S2. The van der Waals surface area contributed by atoms with Gasteiger partial charge in [0.1, 0.15) is 23.7 Å². The molecule has 332 valence electrons. The minimum absolute atomic E-state index is 0.00673. The number of hydrogen-bond donors (Lipinski definition) is 4. The first-order valence-electron chi connectivity index (χ1n) is 23.1. The molecule has 4 N–H and O–H groups in total. The molecule has 4 fully saturated rings. The van der Waals surface area contributed by atoms with Crippen LogP contribution in [0, 0.1) is 23.8 Å². The van der Waals surface area contributed by atoms with Gasteiger partial charge in [0.15, 0.2) is 0 Å². The normalized spacial score (nSPS) is 19.0. The van der Waals surface area contributed by atoms with E-state index in [1.165, 1.54) is 0 Å². The Hall–Kier alpha value is -6.75. The third-order valence-electron chi connectivity index (χ3n) is 13.2. The zero-order chi connectivity index (χ0) is 44.6. The van der Waals surface area contributed by atoms with Gasteiger partial charge in [0.05, 0.1) is 45.6 Å². The highest BCUT2D eigenvalue weighted by molar-refractivity contribution is 7.19. The summed E-state index contributed by atoms with van der Waals surface area (Å²) in [6, 6.07) is 38.2. The number of rotatable bonds is 13. The quantitative estimate of drug-likeness (QED) is 0.0671. The SMILES string of the molecule is O=C(N[C@H](C(=O)N1CCC[C@H]1c1ncc(-c2ccc(-c3ccc(-c4ccc(-c5cnc([C@@H]6CCCN6C(=O)[C@@H](NC#CC6CC6)c6ccccc6)[nH]5)s4)cc3)s2)[nH]1)c1ccccc1)C1CC1. The molecule has 0 radical (unpaired) electrons. The van der Waals surface area contributed by atoms with E-state index in [-0.39, 0.29) is 35.7 Å². The molecule has 4 atom stereocenters. The van der Waals surface area contributed by atoms with Crippen molar-refractivity contribution < 1.29 is 14.4 Å². The van der Waals surface area contributed by atoms with Crippen molar-refractivity contribution in [2.75, 3.05) is 13.1 Å². The summed E-state index contributed by atoms with van der Waals surface area (Å²) in [7, 11) is 0. The molecule has 3 amide bonds. The Balaban J connectivity index is 0.743. The highest BCUT2D eigenvalue weighted by atomic mass is 32.1. The molecule has 11 nitrogen and oxygen atoms in total. The van der Waals surface area contributed by atoms with Crippen molar-refractivity contribution in [2.45, 2.75) is 75.5 Å². The fourth-order valence-electron chi connectivity index (χ4n) is 9.21. The summed E-state index contributed by atoms with van der Waals surface area (Å²) >= 11 is 3.42. The molecule has 0 spiro atoms. The van der Waals surface area contributed by atoms with Gasteiger partial charge in [-0.15, -0.1) is 22.7 Å². The molecule has 4 aliphatic rings. The topological polar surface area (TPSA) is 139 Å². The van der Waals surface area contributed by atoms with Crippen LogP contribution in [-0.4, -0.2) is 60.5 Å². The van der Waals surface area contributed by atoms with E-state index >= 15 is 0 Å². The lowest BCUT2D eigenvalue weighted by Gasteiger charge is -2.28. The Morgan fingerprint density at radius 2 is 1.08 bits per heavy atom. The first-order chi connectivity index (χ1) is 32.4. The highest BCUT2D eigenvalue weighted by Crippen LogP contribution is 2.41. The number of benzene rings is 3. The van der Waals surface area contributed by atoms with Crippen LogP contribution < -0.4 is 10.6 Å². The second kappa shape index (κ2) is 18.3. The van der Waals surface area contributed by atoms with Crippen LogP contribution in [0.2, 0.25) is 0 Å². The second-order valence-electron chi connectivity index (χ2n) is 17.8. The Morgan fingerprint density at radius 1 is 0.591 bits per heavy atom. The van der Waals surface area contributed by atoms with Gasteiger partial charge < -0.3 is 30.4 Å². The minimum atomic E-state index is -0.723. The molecule has 13 heteroatoms. The number of amides is 3. The van der Waals surface area contributed by atoms with Crippen molar-refractivity contribution in [3.8, 4) is 54.0 Å². The Morgan fingerprint density at radius 3 is 1.58 bits per heavy atom. The largest absolute Gasteiger partial charge is 0.340 e. The highest BCUT2D eigenvalue weighted by Gasteiger charge is 2.40. The molecule has 66 heavy (non-hydrogen) atoms. The van der Waals surface area contributed by atoms with E-state index in [2.05, 4.69) is 81.1 Å². The van der Waals surface area contributed by atoms with Crippen molar-refractivity contribution in [3.05, 3.63) is 144 Å². The minimum Gasteiger partial charge on any atom is -0.340 e. The maximum absolute atomic E-state index is 14.1. The average molecular weight is 911 g/mol. The van der Waals surface area contributed by atoms with Gasteiger partial charge in [0, 0.05) is 40.7 Å². The molecule has 4 aromatic heterocycles. The number of carbonyl (C=O) groups excluding carboxylic acids is 3.